The fourth-order valence-corrected chi connectivity index (χ4v) is 2.25. The van der Waals surface area contributed by atoms with Gasteiger partial charge in [0.2, 0.25) is 0 Å². The van der Waals surface area contributed by atoms with E-state index < -0.39 is 17.8 Å². The van der Waals surface area contributed by atoms with Crippen LogP contribution in [-0.4, -0.2) is 17.3 Å². The van der Waals surface area contributed by atoms with Gasteiger partial charge in [-0.1, -0.05) is 0 Å². The van der Waals surface area contributed by atoms with Gasteiger partial charge < -0.3 is 10.4 Å². The Bertz CT molecular complexity index is 508. The summed E-state index contributed by atoms with van der Waals surface area (Å²) >= 11 is 0. The standard InChI is InChI=1S/C13H13F3N2O/c14-13(15,16)9-4-5-10(8(6-9)7-17)18-11-2-1-3-12(11)19/h4-6,11-12,18-19H,1-3H2. The third-order valence-electron chi connectivity index (χ3n) is 3.29. The summed E-state index contributed by atoms with van der Waals surface area (Å²) in [6, 6.07) is 4.55. The van der Waals surface area contributed by atoms with Crippen LogP contribution in [0.2, 0.25) is 0 Å². The summed E-state index contributed by atoms with van der Waals surface area (Å²) in [6.07, 6.45) is -2.71. The summed E-state index contributed by atoms with van der Waals surface area (Å²) in [5, 5.41) is 21.5. The average Bonchev–Trinajstić information content (AvgIpc) is 2.74. The molecule has 1 aromatic rings. The van der Waals surface area contributed by atoms with Gasteiger partial charge in [-0.2, -0.15) is 18.4 Å². The molecule has 1 aromatic carbocycles. The number of rotatable bonds is 2. The number of nitrogens with zero attached hydrogens (tertiary/aromatic N) is 1. The van der Waals surface area contributed by atoms with Crippen LogP contribution in [0.4, 0.5) is 18.9 Å². The fourth-order valence-electron chi connectivity index (χ4n) is 2.25. The summed E-state index contributed by atoms with van der Waals surface area (Å²) < 4.78 is 37.6. The van der Waals surface area contributed by atoms with E-state index in [4.69, 9.17) is 5.26 Å². The second-order valence-corrected chi connectivity index (χ2v) is 4.62. The molecule has 2 unspecified atom stereocenters. The topological polar surface area (TPSA) is 56.0 Å². The van der Waals surface area contributed by atoms with E-state index in [1.54, 1.807) is 6.07 Å². The zero-order chi connectivity index (χ0) is 14.0. The van der Waals surface area contributed by atoms with Gasteiger partial charge in [-0.05, 0) is 37.5 Å². The Morgan fingerprint density at radius 1 is 1.32 bits per heavy atom. The van der Waals surface area contributed by atoms with Crippen LogP contribution in [-0.2, 0) is 6.18 Å². The maximum Gasteiger partial charge on any atom is 0.416 e. The monoisotopic (exact) mass is 270 g/mol. The molecule has 0 radical (unpaired) electrons. The van der Waals surface area contributed by atoms with E-state index in [0.29, 0.717) is 12.1 Å². The number of alkyl halides is 3. The van der Waals surface area contributed by atoms with Crippen LogP contribution in [0.15, 0.2) is 18.2 Å². The van der Waals surface area contributed by atoms with Crippen molar-refractivity contribution in [3.63, 3.8) is 0 Å². The van der Waals surface area contributed by atoms with Gasteiger partial charge >= 0.3 is 6.18 Å². The molecule has 0 aliphatic heterocycles. The molecule has 1 aliphatic carbocycles. The van der Waals surface area contributed by atoms with Crippen LogP contribution >= 0.6 is 0 Å². The first-order chi connectivity index (χ1) is 8.91. The third kappa shape index (κ3) is 2.99. The van der Waals surface area contributed by atoms with Crippen molar-refractivity contribution >= 4 is 5.69 Å². The smallest absolute Gasteiger partial charge is 0.391 e. The van der Waals surface area contributed by atoms with Crippen LogP contribution in [0.3, 0.4) is 0 Å². The van der Waals surface area contributed by atoms with Crippen molar-refractivity contribution in [2.24, 2.45) is 0 Å². The van der Waals surface area contributed by atoms with E-state index in [9.17, 15) is 18.3 Å². The highest BCUT2D eigenvalue weighted by Gasteiger charge is 2.31. The van der Waals surface area contributed by atoms with Gasteiger partial charge in [-0.25, -0.2) is 0 Å². The van der Waals surface area contributed by atoms with E-state index in [0.717, 1.165) is 25.0 Å². The highest BCUT2D eigenvalue weighted by Crippen LogP contribution is 2.32. The molecule has 0 saturated heterocycles. The maximum absolute atomic E-state index is 12.5. The summed E-state index contributed by atoms with van der Waals surface area (Å²) in [4.78, 5) is 0. The molecule has 0 bridgehead atoms. The Morgan fingerprint density at radius 2 is 2.05 bits per heavy atom. The number of nitriles is 1. The van der Waals surface area contributed by atoms with Crippen LogP contribution in [0.1, 0.15) is 30.4 Å². The Morgan fingerprint density at radius 3 is 2.58 bits per heavy atom. The largest absolute Gasteiger partial charge is 0.416 e. The molecule has 1 aliphatic rings. The van der Waals surface area contributed by atoms with Gasteiger partial charge in [0.1, 0.15) is 6.07 Å². The van der Waals surface area contributed by atoms with Crippen LogP contribution in [0.5, 0.6) is 0 Å². The lowest BCUT2D eigenvalue weighted by Gasteiger charge is -2.19. The van der Waals surface area contributed by atoms with Crippen LogP contribution in [0, 0.1) is 11.3 Å². The molecular weight excluding hydrogens is 257 g/mol. The quantitative estimate of drug-likeness (QED) is 0.868. The first kappa shape index (κ1) is 13.7. The fraction of sp³-hybridized carbons (Fsp3) is 0.462. The number of nitrogens with one attached hydrogen (secondary N) is 1. The van der Waals surface area contributed by atoms with Crippen molar-refractivity contribution in [1.29, 1.82) is 5.26 Å². The highest BCUT2D eigenvalue weighted by molar-refractivity contribution is 5.59. The summed E-state index contributed by atoms with van der Waals surface area (Å²) in [5.41, 5.74) is -0.572. The number of aliphatic hydroxyl groups excluding tert-OH is 1. The number of hydrogen-bond donors (Lipinski definition) is 2. The lowest BCUT2D eigenvalue weighted by Crippen LogP contribution is -2.28. The minimum atomic E-state index is -4.46. The predicted molar refractivity (Wildman–Crippen MR) is 63.4 cm³/mol. The molecule has 19 heavy (non-hydrogen) atoms. The van der Waals surface area contributed by atoms with Gasteiger partial charge in [0.05, 0.1) is 29.0 Å². The molecule has 0 amide bonds. The normalized spacial score (nSPS) is 23.1. The predicted octanol–water partition coefficient (Wildman–Crippen LogP) is 2.90. The molecule has 102 valence electrons. The molecule has 0 heterocycles. The molecule has 0 aromatic heterocycles. The van der Waals surface area contributed by atoms with Gasteiger partial charge in [0.25, 0.3) is 0 Å². The number of benzene rings is 1. The van der Waals surface area contributed by atoms with Gasteiger partial charge in [0.15, 0.2) is 0 Å². The van der Waals surface area contributed by atoms with Crippen molar-refractivity contribution in [3.05, 3.63) is 29.3 Å². The lowest BCUT2D eigenvalue weighted by molar-refractivity contribution is -0.137. The van der Waals surface area contributed by atoms with Crippen molar-refractivity contribution in [2.75, 3.05) is 5.32 Å². The summed E-state index contributed by atoms with van der Waals surface area (Å²) in [7, 11) is 0. The molecule has 2 N–H and O–H groups in total. The maximum atomic E-state index is 12.5. The SMILES string of the molecule is N#Cc1cc(C(F)(F)F)ccc1NC1CCCC1O. The first-order valence-electron chi connectivity index (χ1n) is 5.98. The second kappa shape index (κ2) is 5.10. The molecule has 2 rings (SSSR count). The minimum absolute atomic E-state index is 0.0612. The van der Waals surface area contributed by atoms with Gasteiger partial charge in [-0.15, -0.1) is 0 Å². The van der Waals surface area contributed by atoms with Crippen LogP contribution in [0.25, 0.3) is 0 Å². The molecule has 0 spiro atoms. The van der Waals surface area contributed by atoms with E-state index in [1.807, 2.05) is 0 Å². The van der Waals surface area contributed by atoms with E-state index >= 15 is 0 Å². The molecule has 6 heteroatoms. The molecule has 1 saturated carbocycles. The van der Waals surface area contributed by atoms with E-state index in [-0.39, 0.29) is 11.6 Å². The molecule has 1 fully saturated rings. The van der Waals surface area contributed by atoms with E-state index in [2.05, 4.69) is 5.32 Å². The Hall–Kier alpha value is -1.74. The minimum Gasteiger partial charge on any atom is -0.391 e. The number of aliphatic hydroxyl groups is 1. The van der Waals surface area contributed by atoms with E-state index in [1.165, 1.54) is 6.07 Å². The van der Waals surface area contributed by atoms with Crippen molar-refractivity contribution in [2.45, 2.75) is 37.6 Å². The average molecular weight is 270 g/mol. The molecular formula is C13H13F3N2O. The van der Waals surface area contributed by atoms with Crippen molar-refractivity contribution < 1.29 is 18.3 Å². The lowest BCUT2D eigenvalue weighted by atomic mass is 10.1. The second-order valence-electron chi connectivity index (χ2n) is 4.62. The Kier molecular flexibility index (Phi) is 3.67. The van der Waals surface area contributed by atoms with Gasteiger partial charge in [-0.3, -0.25) is 0 Å². The molecule has 3 nitrogen and oxygen atoms in total. The first-order valence-corrected chi connectivity index (χ1v) is 5.98. The number of anilines is 1. The zero-order valence-corrected chi connectivity index (χ0v) is 10.0. The highest BCUT2D eigenvalue weighted by atomic mass is 19.4. The third-order valence-corrected chi connectivity index (χ3v) is 3.29. The Balaban J connectivity index is 2.24. The number of hydrogen-bond acceptors (Lipinski definition) is 3. The van der Waals surface area contributed by atoms with Crippen molar-refractivity contribution in [1.82, 2.24) is 0 Å². The van der Waals surface area contributed by atoms with Crippen LogP contribution < -0.4 is 5.32 Å². The summed E-state index contributed by atoms with van der Waals surface area (Å²) in [5.74, 6) is 0. The summed E-state index contributed by atoms with van der Waals surface area (Å²) in [6.45, 7) is 0. The van der Waals surface area contributed by atoms with Gasteiger partial charge in [0, 0.05) is 0 Å². The van der Waals surface area contributed by atoms with Crippen molar-refractivity contribution in [3.8, 4) is 6.07 Å². The number of halogens is 3. The Labute approximate surface area is 108 Å². The molecule has 2 atom stereocenters. The zero-order valence-electron chi connectivity index (χ0n) is 10.0.